The van der Waals surface area contributed by atoms with Gasteiger partial charge >= 0.3 is 5.97 Å². The van der Waals surface area contributed by atoms with Crippen molar-refractivity contribution in [1.82, 2.24) is 14.6 Å². The summed E-state index contributed by atoms with van der Waals surface area (Å²) in [5, 5.41) is 14.2. The number of para-hydroxylation sites is 1. The fraction of sp³-hybridized carbons (Fsp3) is 0.136. The van der Waals surface area contributed by atoms with Crippen LogP contribution in [0.15, 0.2) is 54.6 Å². The van der Waals surface area contributed by atoms with E-state index in [4.69, 9.17) is 4.74 Å². The molecule has 0 saturated carbocycles. The maximum absolute atomic E-state index is 11.7. The average molecular weight is 373 g/mol. The molecule has 0 aliphatic rings. The van der Waals surface area contributed by atoms with Gasteiger partial charge in [-0.2, -0.15) is 9.61 Å². The first-order valence-electron chi connectivity index (χ1n) is 8.89. The van der Waals surface area contributed by atoms with Gasteiger partial charge in [0.25, 0.3) is 0 Å². The fourth-order valence-corrected chi connectivity index (χ4v) is 3.39. The Kier molecular flexibility index (Phi) is 4.31. The minimum Gasteiger partial charge on any atom is -0.477 e. The summed E-state index contributed by atoms with van der Waals surface area (Å²) in [5.41, 5.74) is 5.10. The molecule has 0 spiro atoms. The molecule has 0 atom stereocenters. The van der Waals surface area contributed by atoms with Crippen LogP contribution in [0.1, 0.15) is 27.3 Å². The van der Waals surface area contributed by atoms with Crippen molar-refractivity contribution in [2.24, 2.45) is 0 Å². The number of carboxylic acids is 1. The van der Waals surface area contributed by atoms with Crippen LogP contribution in [0.3, 0.4) is 0 Å². The van der Waals surface area contributed by atoms with Gasteiger partial charge in [-0.05, 0) is 49.6 Å². The molecule has 0 bridgehead atoms. The van der Waals surface area contributed by atoms with E-state index in [0.29, 0.717) is 17.3 Å². The maximum Gasteiger partial charge on any atom is 0.354 e. The Hall–Kier alpha value is -3.67. The summed E-state index contributed by atoms with van der Waals surface area (Å²) in [6.07, 6.45) is 0. The van der Waals surface area contributed by atoms with E-state index >= 15 is 0 Å². The molecule has 0 aliphatic carbocycles. The fourth-order valence-electron chi connectivity index (χ4n) is 3.39. The summed E-state index contributed by atoms with van der Waals surface area (Å²) in [6, 6.07) is 16.6. The second-order valence-electron chi connectivity index (χ2n) is 6.66. The lowest BCUT2D eigenvalue weighted by molar-refractivity contribution is 0.0690. The monoisotopic (exact) mass is 373 g/mol. The van der Waals surface area contributed by atoms with Crippen LogP contribution in [0.25, 0.3) is 16.8 Å². The summed E-state index contributed by atoms with van der Waals surface area (Å²) in [4.78, 5) is 16.1. The molecule has 1 N–H and O–H groups in total. The van der Waals surface area contributed by atoms with E-state index in [9.17, 15) is 9.90 Å². The highest BCUT2D eigenvalue weighted by molar-refractivity contribution is 5.89. The van der Waals surface area contributed by atoms with Crippen molar-refractivity contribution in [3.63, 3.8) is 0 Å². The van der Waals surface area contributed by atoms with Crippen LogP contribution in [-0.2, 0) is 0 Å². The molecule has 28 heavy (non-hydrogen) atoms. The molecule has 0 unspecified atom stereocenters. The van der Waals surface area contributed by atoms with Gasteiger partial charge in [0.05, 0.1) is 11.3 Å². The first-order valence-corrected chi connectivity index (χ1v) is 8.89. The average Bonchev–Trinajstić information content (AvgIpc) is 2.99. The first-order chi connectivity index (χ1) is 13.5. The van der Waals surface area contributed by atoms with Gasteiger partial charge in [0.2, 0.25) is 5.88 Å². The summed E-state index contributed by atoms with van der Waals surface area (Å²) in [6.45, 7) is 5.93. The van der Waals surface area contributed by atoms with Crippen LogP contribution in [0.4, 0.5) is 0 Å². The third kappa shape index (κ3) is 2.99. The first kappa shape index (κ1) is 17.7. The zero-order chi connectivity index (χ0) is 19.8. The van der Waals surface area contributed by atoms with Crippen LogP contribution in [-0.4, -0.2) is 25.7 Å². The third-order valence-corrected chi connectivity index (χ3v) is 4.65. The number of hydrogen-bond acceptors (Lipinski definition) is 4. The van der Waals surface area contributed by atoms with E-state index in [1.807, 2.05) is 57.2 Å². The summed E-state index contributed by atoms with van der Waals surface area (Å²) < 4.78 is 7.51. The number of fused-ring (bicyclic) bond motifs is 1. The Bertz CT molecular complexity index is 1180. The number of benzene rings is 2. The van der Waals surface area contributed by atoms with Crippen molar-refractivity contribution in [3.8, 4) is 22.8 Å². The molecule has 2 aromatic heterocycles. The van der Waals surface area contributed by atoms with Gasteiger partial charge in [-0.3, -0.25) is 0 Å². The minimum atomic E-state index is -1.12. The van der Waals surface area contributed by atoms with Crippen LogP contribution in [0, 0.1) is 20.8 Å². The highest BCUT2D eigenvalue weighted by Crippen LogP contribution is 2.35. The topological polar surface area (TPSA) is 76.7 Å². The lowest BCUT2D eigenvalue weighted by atomic mass is 9.96. The quantitative estimate of drug-likeness (QED) is 0.555. The van der Waals surface area contributed by atoms with E-state index in [-0.39, 0.29) is 5.69 Å². The van der Waals surface area contributed by atoms with Crippen LogP contribution < -0.4 is 4.74 Å². The number of hydrogen-bond donors (Lipinski definition) is 1. The molecule has 140 valence electrons. The van der Waals surface area contributed by atoms with Crippen molar-refractivity contribution in [1.29, 1.82) is 0 Å². The molecule has 0 radical (unpaired) electrons. The maximum atomic E-state index is 11.7. The molecule has 0 aliphatic heterocycles. The van der Waals surface area contributed by atoms with E-state index in [1.165, 1.54) is 6.07 Å². The van der Waals surface area contributed by atoms with E-state index in [0.717, 1.165) is 27.9 Å². The molecule has 6 nitrogen and oxygen atoms in total. The van der Waals surface area contributed by atoms with Gasteiger partial charge in [0.1, 0.15) is 5.75 Å². The van der Waals surface area contributed by atoms with Gasteiger partial charge in [-0.1, -0.05) is 36.4 Å². The Balaban J connectivity index is 2.01. The Morgan fingerprint density at radius 3 is 2.29 bits per heavy atom. The van der Waals surface area contributed by atoms with Crippen molar-refractivity contribution in [3.05, 3.63) is 77.1 Å². The van der Waals surface area contributed by atoms with Gasteiger partial charge in [-0.25, -0.2) is 9.78 Å². The van der Waals surface area contributed by atoms with Crippen molar-refractivity contribution in [2.45, 2.75) is 20.8 Å². The van der Waals surface area contributed by atoms with Crippen molar-refractivity contribution < 1.29 is 14.6 Å². The molecular weight excluding hydrogens is 354 g/mol. The summed E-state index contributed by atoms with van der Waals surface area (Å²) in [5.74, 6) is -0.228. The smallest absolute Gasteiger partial charge is 0.354 e. The predicted molar refractivity (Wildman–Crippen MR) is 106 cm³/mol. The molecule has 4 rings (SSSR count). The molecular formula is C22H19N3O3. The predicted octanol–water partition coefficient (Wildman–Crippen LogP) is 4.81. The van der Waals surface area contributed by atoms with Gasteiger partial charge in [0.15, 0.2) is 11.3 Å². The normalized spacial score (nSPS) is 11.0. The molecule has 6 heteroatoms. The number of aromatic carboxylic acids is 1. The largest absolute Gasteiger partial charge is 0.477 e. The SMILES string of the molecule is Cc1cccc(C)c1-c1c(C)nn2c(Oc3ccccc3)cc(C(=O)O)nc12. The van der Waals surface area contributed by atoms with Crippen molar-refractivity contribution in [2.75, 3.05) is 0 Å². The molecule has 2 aromatic carbocycles. The molecule has 0 amide bonds. The number of aromatic nitrogens is 3. The van der Waals surface area contributed by atoms with E-state index in [2.05, 4.69) is 10.1 Å². The van der Waals surface area contributed by atoms with Crippen LogP contribution in [0.5, 0.6) is 11.6 Å². The molecule has 0 fully saturated rings. The Morgan fingerprint density at radius 1 is 0.964 bits per heavy atom. The minimum absolute atomic E-state index is 0.0918. The summed E-state index contributed by atoms with van der Waals surface area (Å²) in [7, 11) is 0. The number of ether oxygens (including phenoxy) is 1. The van der Waals surface area contributed by atoms with E-state index < -0.39 is 5.97 Å². The van der Waals surface area contributed by atoms with Crippen molar-refractivity contribution >= 4 is 11.6 Å². The lowest BCUT2D eigenvalue weighted by Gasteiger charge is -2.11. The second-order valence-corrected chi connectivity index (χ2v) is 6.66. The standard InChI is InChI=1S/C22H19N3O3/c1-13-8-7-9-14(2)19(13)20-15(3)24-25-18(28-16-10-5-4-6-11-16)12-17(22(26)27)23-21(20)25/h4-12H,1-3H3,(H,26,27). The molecule has 0 saturated heterocycles. The number of aryl methyl sites for hydroxylation is 3. The highest BCUT2D eigenvalue weighted by Gasteiger charge is 2.22. The third-order valence-electron chi connectivity index (χ3n) is 4.65. The number of rotatable bonds is 4. The molecule has 4 aromatic rings. The Labute approximate surface area is 162 Å². The number of carboxylic acid groups (broad SMARTS) is 1. The number of carbonyl (C=O) groups is 1. The number of nitrogens with zero attached hydrogens (tertiary/aromatic N) is 3. The Morgan fingerprint density at radius 2 is 1.64 bits per heavy atom. The van der Waals surface area contributed by atoms with E-state index in [1.54, 1.807) is 16.6 Å². The van der Waals surface area contributed by atoms with Gasteiger partial charge in [0, 0.05) is 6.07 Å². The zero-order valence-corrected chi connectivity index (χ0v) is 15.8. The second kappa shape index (κ2) is 6.81. The van der Waals surface area contributed by atoms with Crippen LogP contribution >= 0.6 is 0 Å². The molecule has 2 heterocycles. The highest BCUT2D eigenvalue weighted by atomic mass is 16.5. The lowest BCUT2D eigenvalue weighted by Crippen LogP contribution is -2.06. The van der Waals surface area contributed by atoms with Gasteiger partial charge in [-0.15, -0.1) is 0 Å². The van der Waals surface area contributed by atoms with Gasteiger partial charge < -0.3 is 9.84 Å². The van der Waals surface area contributed by atoms with Crippen LogP contribution in [0.2, 0.25) is 0 Å². The zero-order valence-electron chi connectivity index (χ0n) is 15.8. The summed E-state index contributed by atoms with van der Waals surface area (Å²) >= 11 is 0.